The lowest BCUT2D eigenvalue weighted by Crippen LogP contribution is -2.50. The number of morpholine rings is 1. The molecule has 0 amide bonds. The van der Waals surface area contributed by atoms with Crippen molar-refractivity contribution in [3.63, 3.8) is 0 Å². The third-order valence-corrected chi connectivity index (χ3v) is 3.69. The summed E-state index contributed by atoms with van der Waals surface area (Å²) in [6, 6.07) is 0.742. The summed E-state index contributed by atoms with van der Waals surface area (Å²) in [6.45, 7) is 9.99. The van der Waals surface area contributed by atoms with Crippen molar-refractivity contribution in [2.45, 2.75) is 38.8 Å². The summed E-state index contributed by atoms with van der Waals surface area (Å²) in [5.41, 5.74) is 0. The molecule has 2 saturated heterocycles. The van der Waals surface area contributed by atoms with Crippen LogP contribution in [0.25, 0.3) is 0 Å². The van der Waals surface area contributed by atoms with E-state index in [9.17, 15) is 0 Å². The van der Waals surface area contributed by atoms with E-state index in [1.54, 1.807) is 0 Å². The second-order valence-corrected chi connectivity index (χ2v) is 5.18. The Bertz CT molecular complexity index is 192. The third kappa shape index (κ3) is 3.16. The molecule has 2 heterocycles. The smallest absolute Gasteiger partial charge is 0.0826 e. The number of rotatable bonds is 2. The van der Waals surface area contributed by atoms with Crippen LogP contribution in [-0.4, -0.2) is 49.8 Å². The number of hydrogen-bond donors (Lipinski definition) is 1. The molecule has 0 saturated carbocycles. The monoisotopic (exact) mass is 212 g/mol. The van der Waals surface area contributed by atoms with Crippen LogP contribution in [0.2, 0.25) is 0 Å². The molecule has 0 spiro atoms. The average molecular weight is 212 g/mol. The van der Waals surface area contributed by atoms with Gasteiger partial charge in [-0.15, -0.1) is 0 Å². The van der Waals surface area contributed by atoms with Crippen LogP contribution in [0.3, 0.4) is 0 Å². The molecule has 0 aliphatic carbocycles. The van der Waals surface area contributed by atoms with Crippen LogP contribution in [0.5, 0.6) is 0 Å². The molecular formula is C12H24N2O. The first-order valence-electron chi connectivity index (χ1n) is 6.32. The maximum Gasteiger partial charge on any atom is 0.0826 e. The predicted octanol–water partition coefficient (Wildman–Crippen LogP) is 1.10. The van der Waals surface area contributed by atoms with Gasteiger partial charge in [-0.3, -0.25) is 4.90 Å². The largest absolute Gasteiger partial charge is 0.374 e. The first-order valence-corrected chi connectivity index (χ1v) is 6.32. The molecule has 88 valence electrons. The van der Waals surface area contributed by atoms with Gasteiger partial charge < -0.3 is 10.1 Å². The molecule has 1 N–H and O–H groups in total. The van der Waals surface area contributed by atoms with Crippen LogP contribution in [0.4, 0.5) is 0 Å². The highest BCUT2D eigenvalue weighted by molar-refractivity contribution is 4.80. The molecule has 2 fully saturated rings. The summed E-state index contributed by atoms with van der Waals surface area (Å²) in [7, 11) is 0. The molecule has 3 unspecified atom stereocenters. The Labute approximate surface area is 93.2 Å². The van der Waals surface area contributed by atoms with E-state index in [1.807, 2.05) is 0 Å². The molecule has 0 aromatic heterocycles. The van der Waals surface area contributed by atoms with E-state index < -0.39 is 0 Å². The summed E-state index contributed by atoms with van der Waals surface area (Å²) in [5, 5.41) is 3.40. The highest BCUT2D eigenvalue weighted by atomic mass is 16.5. The third-order valence-electron chi connectivity index (χ3n) is 3.69. The van der Waals surface area contributed by atoms with Crippen molar-refractivity contribution in [2.24, 2.45) is 5.92 Å². The fraction of sp³-hybridized carbons (Fsp3) is 1.00. The summed E-state index contributed by atoms with van der Waals surface area (Å²) in [4.78, 5) is 2.60. The topological polar surface area (TPSA) is 24.5 Å². The molecule has 0 bridgehead atoms. The quantitative estimate of drug-likeness (QED) is 0.742. The molecule has 3 heteroatoms. The Morgan fingerprint density at radius 2 is 2.20 bits per heavy atom. The minimum absolute atomic E-state index is 0.409. The second kappa shape index (κ2) is 5.28. The Morgan fingerprint density at radius 3 is 2.93 bits per heavy atom. The van der Waals surface area contributed by atoms with Crippen LogP contribution in [0.1, 0.15) is 26.7 Å². The molecule has 0 radical (unpaired) electrons. The Hall–Kier alpha value is -0.120. The molecule has 3 atom stereocenters. The Kier molecular flexibility index (Phi) is 4.00. The minimum atomic E-state index is 0.409. The molecular weight excluding hydrogens is 188 g/mol. The van der Waals surface area contributed by atoms with E-state index in [1.165, 1.54) is 19.4 Å². The zero-order valence-electron chi connectivity index (χ0n) is 10.0. The number of hydrogen-bond acceptors (Lipinski definition) is 3. The van der Waals surface area contributed by atoms with Gasteiger partial charge in [-0.1, -0.05) is 6.92 Å². The zero-order valence-corrected chi connectivity index (χ0v) is 10.0. The van der Waals surface area contributed by atoms with E-state index in [0.29, 0.717) is 6.10 Å². The molecule has 2 aliphatic heterocycles. The van der Waals surface area contributed by atoms with Crippen molar-refractivity contribution in [3.8, 4) is 0 Å². The van der Waals surface area contributed by atoms with E-state index >= 15 is 0 Å². The van der Waals surface area contributed by atoms with Crippen molar-refractivity contribution < 1.29 is 4.74 Å². The molecule has 15 heavy (non-hydrogen) atoms. The first kappa shape index (κ1) is 11.4. The van der Waals surface area contributed by atoms with E-state index in [0.717, 1.165) is 38.2 Å². The van der Waals surface area contributed by atoms with Gasteiger partial charge >= 0.3 is 0 Å². The molecule has 2 aliphatic rings. The Balaban J connectivity index is 1.80. The van der Waals surface area contributed by atoms with Crippen molar-refractivity contribution in [1.82, 2.24) is 10.2 Å². The van der Waals surface area contributed by atoms with E-state index in [4.69, 9.17) is 4.74 Å². The van der Waals surface area contributed by atoms with Crippen LogP contribution in [-0.2, 0) is 4.74 Å². The summed E-state index contributed by atoms with van der Waals surface area (Å²) >= 11 is 0. The number of ether oxygens (including phenoxy) is 1. The lowest BCUT2D eigenvalue weighted by molar-refractivity contribution is -0.0126. The number of nitrogens with zero attached hydrogens (tertiary/aromatic N) is 1. The predicted molar refractivity (Wildman–Crippen MR) is 62.0 cm³/mol. The summed E-state index contributed by atoms with van der Waals surface area (Å²) in [6.07, 6.45) is 3.15. The normalized spacial score (nSPS) is 39.2. The molecule has 0 aromatic carbocycles. The highest BCUT2D eigenvalue weighted by Gasteiger charge is 2.26. The summed E-state index contributed by atoms with van der Waals surface area (Å²) < 4.78 is 5.76. The van der Waals surface area contributed by atoms with Gasteiger partial charge in [-0.2, -0.15) is 0 Å². The van der Waals surface area contributed by atoms with Gasteiger partial charge in [0.25, 0.3) is 0 Å². The molecule has 0 aromatic rings. The van der Waals surface area contributed by atoms with Gasteiger partial charge in [-0.25, -0.2) is 0 Å². The van der Waals surface area contributed by atoms with Crippen molar-refractivity contribution in [1.29, 1.82) is 0 Å². The maximum atomic E-state index is 5.76. The van der Waals surface area contributed by atoms with Crippen LogP contribution in [0.15, 0.2) is 0 Å². The van der Waals surface area contributed by atoms with Crippen molar-refractivity contribution in [2.75, 3.05) is 32.8 Å². The Morgan fingerprint density at radius 1 is 1.33 bits per heavy atom. The van der Waals surface area contributed by atoms with Gasteiger partial charge in [0, 0.05) is 32.2 Å². The minimum Gasteiger partial charge on any atom is -0.374 e. The van der Waals surface area contributed by atoms with Crippen LogP contribution < -0.4 is 5.32 Å². The fourth-order valence-corrected chi connectivity index (χ4v) is 2.63. The molecule has 2 rings (SSSR count). The van der Waals surface area contributed by atoms with Crippen molar-refractivity contribution >= 4 is 0 Å². The van der Waals surface area contributed by atoms with Gasteiger partial charge in [0.1, 0.15) is 0 Å². The highest BCUT2D eigenvalue weighted by Crippen LogP contribution is 2.21. The van der Waals surface area contributed by atoms with Crippen LogP contribution in [0, 0.1) is 5.92 Å². The maximum absolute atomic E-state index is 5.76. The van der Waals surface area contributed by atoms with Gasteiger partial charge in [0.2, 0.25) is 0 Å². The average Bonchev–Trinajstić information content (AvgIpc) is 2.25. The lowest BCUT2D eigenvalue weighted by atomic mass is 9.95. The number of likely N-dealkylation sites (tertiary alicyclic amines) is 1. The first-order chi connectivity index (χ1) is 7.25. The number of piperidine rings is 1. The van der Waals surface area contributed by atoms with Gasteiger partial charge in [0.15, 0.2) is 0 Å². The fourth-order valence-electron chi connectivity index (χ4n) is 2.63. The molecule has 3 nitrogen and oxygen atoms in total. The summed E-state index contributed by atoms with van der Waals surface area (Å²) in [5.74, 6) is 0.859. The standard InChI is InChI=1S/C12H24N2O/c1-10-3-4-11(2)14(8-10)9-12-7-13-5-6-15-12/h10-13H,3-9H2,1-2H3. The van der Waals surface area contributed by atoms with Crippen LogP contribution >= 0.6 is 0 Å². The van der Waals surface area contributed by atoms with E-state index in [-0.39, 0.29) is 0 Å². The lowest BCUT2D eigenvalue weighted by Gasteiger charge is -2.39. The van der Waals surface area contributed by atoms with Gasteiger partial charge in [-0.05, 0) is 25.7 Å². The zero-order chi connectivity index (χ0) is 10.7. The van der Waals surface area contributed by atoms with Gasteiger partial charge in [0.05, 0.1) is 12.7 Å². The second-order valence-electron chi connectivity index (χ2n) is 5.18. The van der Waals surface area contributed by atoms with Crippen molar-refractivity contribution in [3.05, 3.63) is 0 Å². The number of nitrogens with one attached hydrogen (secondary N) is 1. The SMILES string of the molecule is CC1CCC(C)N(CC2CNCCO2)C1. The van der Waals surface area contributed by atoms with E-state index in [2.05, 4.69) is 24.1 Å².